The quantitative estimate of drug-likeness (QED) is 0.744. The van der Waals surface area contributed by atoms with Gasteiger partial charge in [0, 0.05) is 19.1 Å². The second-order valence-corrected chi connectivity index (χ2v) is 5.09. The molecule has 1 heterocycles. The van der Waals surface area contributed by atoms with Crippen LogP contribution in [-0.4, -0.2) is 55.1 Å². The first kappa shape index (κ1) is 13.9. The molecule has 1 rings (SSSR count). The number of likely N-dealkylation sites (tertiary alicyclic amines) is 1. The van der Waals surface area contributed by atoms with E-state index >= 15 is 0 Å². The maximum atomic E-state index is 5.93. The molecule has 1 aliphatic heterocycles. The molecule has 0 aromatic rings. The van der Waals surface area contributed by atoms with Gasteiger partial charge in [-0.25, -0.2) is 0 Å². The van der Waals surface area contributed by atoms with E-state index in [-0.39, 0.29) is 0 Å². The molecule has 0 radical (unpaired) electrons. The van der Waals surface area contributed by atoms with Crippen molar-refractivity contribution in [2.24, 2.45) is 11.7 Å². The van der Waals surface area contributed by atoms with E-state index in [1.165, 1.54) is 25.9 Å². The Balaban J connectivity index is 2.40. The van der Waals surface area contributed by atoms with Crippen LogP contribution < -0.4 is 5.73 Å². The largest absolute Gasteiger partial charge is 0.329 e. The fourth-order valence-electron chi connectivity index (χ4n) is 2.51. The van der Waals surface area contributed by atoms with Crippen LogP contribution in [0.3, 0.4) is 0 Å². The molecule has 0 aromatic carbocycles. The Bertz CT molecular complexity index is 172. The molecule has 0 amide bonds. The molecule has 0 aliphatic carbocycles. The minimum absolute atomic E-state index is 0.562. The Morgan fingerprint density at radius 3 is 2.25 bits per heavy atom. The maximum Gasteiger partial charge on any atom is 0.0345 e. The van der Waals surface area contributed by atoms with E-state index in [1.54, 1.807) is 0 Å². The molecule has 1 saturated heterocycles. The Morgan fingerprint density at radius 1 is 1.25 bits per heavy atom. The summed E-state index contributed by atoms with van der Waals surface area (Å²) in [5.41, 5.74) is 5.93. The van der Waals surface area contributed by atoms with Gasteiger partial charge < -0.3 is 10.6 Å². The van der Waals surface area contributed by atoms with Crippen molar-refractivity contribution >= 4 is 0 Å². The maximum absolute atomic E-state index is 5.93. The Morgan fingerprint density at radius 2 is 1.81 bits per heavy atom. The van der Waals surface area contributed by atoms with Gasteiger partial charge in [-0.15, -0.1) is 0 Å². The van der Waals surface area contributed by atoms with Crippen molar-refractivity contribution in [2.75, 3.05) is 39.3 Å². The molecule has 0 spiro atoms. The molecule has 1 atom stereocenters. The summed E-state index contributed by atoms with van der Waals surface area (Å²) < 4.78 is 0. The van der Waals surface area contributed by atoms with Gasteiger partial charge in [-0.05, 0) is 44.9 Å². The standard InChI is InChI=1S/C13H29N3/c1-4-15(5-2)11-13(10-14)16-8-6-12(3)7-9-16/h12-13H,4-11,14H2,1-3H3. The molecule has 96 valence electrons. The van der Waals surface area contributed by atoms with Gasteiger partial charge in [0.25, 0.3) is 0 Å². The van der Waals surface area contributed by atoms with Gasteiger partial charge in [0.2, 0.25) is 0 Å². The zero-order valence-electron chi connectivity index (χ0n) is 11.3. The van der Waals surface area contributed by atoms with Crippen molar-refractivity contribution in [1.82, 2.24) is 9.80 Å². The first-order valence-electron chi connectivity index (χ1n) is 6.87. The van der Waals surface area contributed by atoms with Crippen LogP contribution in [0.25, 0.3) is 0 Å². The van der Waals surface area contributed by atoms with Crippen molar-refractivity contribution in [3.8, 4) is 0 Å². The predicted octanol–water partition coefficient (Wildman–Crippen LogP) is 1.39. The van der Waals surface area contributed by atoms with E-state index in [0.717, 1.165) is 32.1 Å². The van der Waals surface area contributed by atoms with Gasteiger partial charge in [-0.1, -0.05) is 20.8 Å². The summed E-state index contributed by atoms with van der Waals surface area (Å²) in [6, 6.07) is 0.562. The SMILES string of the molecule is CCN(CC)CC(CN)N1CCC(C)CC1. The van der Waals surface area contributed by atoms with Crippen molar-refractivity contribution < 1.29 is 0 Å². The highest BCUT2D eigenvalue weighted by Crippen LogP contribution is 2.18. The monoisotopic (exact) mass is 227 g/mol. The number of nitrogens with two attached hydrogens (primary N) is 1. The molecule has 16 heavy (non-hydrogen) atoms. The van der Waals surface area contributed by atoms with E-state index < -0.39 is 0 Å². The predicted molar refractivity (Wildman–Crippen MR) is 70.6 cm³/mol. The molecule has 1 unspecified atom stereocenters. The highest BCUT2D eigenvalue weighted by Gasteiger charge is 2.23. The summed E-state index contributed by atoms with van der Waals surface area (Å²) in [5, 5.41) is 0. The third kappa shape index (κ3) is 4.04. The van der Waals surface area contributed by atoms with Gasteiger partial charge in [-0.2, -0.15) is 0 Å². The minimum Gasteiger partial charge on any atom is -0.329 e. The second kappa shape index (κ2) is 7.25. The zero-order chi connectivity index (χ0) is 12.0. The topological polar surface area (TPSA) is 32.5 Å². The number of hydrogen-bond donors (Lipinski definition) is 1. The fraction of sp³-hybridized carbons (Fsp3) is 1.00. The van der Waals surface area contributed by atoms with Gasteiger partial charge >= 0.3 is 0 Å². The van der Waals surface area contributed by atoms with Crippen molar-refractivity contribution in [2.45, 2.75) is 39.7 Å². The van der Waals surface area contributed by atoms with Crippen LogP contribution in [0.2, 0.25) is 0 Å². The smallest absolute Gasteiger partial charge is 0.0345 e. The lowest BCUT2D eigenvalue weighted by Gasteiger charge is -2.38. The molecule has 0 saturated carbocycles. The third-order valence-corrected chi connectivity index (χ3v) is 3.97. The lowest BCUT2D eigenvalue weighted by molar-refractivity contribution is 0.109. The first-order chi connectivity index (χ1) is 7.71. The van der Waals surface area contributed by atoms with Gasteiger partial charge in [0.15, 0.2) is 0 Å². The van der Waals surface area contributed by atoms with Gasteiger partial charge in [0.05, 0.1) is 0 Å². The van der Waals surface area contributed by atoms with Gasteiger partial charge in [-0.3, -0.25) is 4.90 Å². The number of likely N-dealkylation sites (N-methyl/N-ethyl adjacent to an activating group) is 1. The summed E-state index contributed by atoms with van der Waals surface area (Å²) >= 11 is 0. The highest BCUT2D eigenvalue weighted by atomic mass is 15.2. The molecule has 2 N–H and O–H groups in total. The fourth-order valence-corrected chi connectivity index (χ4v) is 2.51. The summed E-state index contributed by atoms with van der Waals surface area (Å²) in [6.45, 7) is 13.5. The third-order valence-electron chi connectivity index (χ3n) is 3.97. The van der Waals surface area contributed by atoms with E-state index in [0.29, 0.717) is 6.04 Å². The number of hydrogen-bond acceptors (Lipinski definition) is 3. The molecule has 0 bridgehead atoms. The normalized spacial score (nSPS) is 21.6. The molecular weight excluding hydrogens is 198 g/mol. The average Bonchev–Trinajstić information content (AvgIpc) is 2.32. The molecule has 1 fully saturated rings. The van der Waals surface area contributed by atoms with Crippen LogP contribution in [-0.2, 0) is 0 Å². The van der Waals surface area contributed by atoms with Crippen LogP contribution in [0, 0.1) is 5.92 Å². The molecule has 3 nitrogen and oxygen atoms in total. The van der Waals surface area contributed by atoms with Crippen LogP contribution in [0.5, 0.6) is 0 Å². The number of piperidine rings is 1. The minimum atomic E-state index is 0.562. The zero-order valence-corrected chi connectivity index (χ0v) is 11.3. The molecule has 3 heteroatoms. The first-order valence-corrected chi connectivity index (χ1v) is 6.87. The second-order valence-electron chi connectivity index (χ2n) is 5.09. The lowest BCUT2D eigenvalue weighted by Crippen LogP contribution is -2.50. The van der Waals surface area contributed by atoms with E-state index in [2.05, 4.69) is 30.6 Å². The van der Waals surface area contributed by atoms with E-state index in [4.69, 9.17) is 5.73 Å². The summed E-state index contributed by atoms with van der Waals surface area (Å²) in [7, 11) is 0. The Labute approximate surface area is 101 Å². The van der Waals surface area contributed by atoms with Crippen molar-refractivity contribution in [1.29, 1.82) is 0 Å². The summed E-state index contributed by atoms with van der Waals surface area (Å²) in [6.07, 6.45) is 2.68. The Hall–Kier alpha value is -0.120. The summed E-state index contributed by atoms with van der Waals surface area (Å²) in [5.74, 6) is 0.906. The van der Waals surface area contributed by atoms with Crippen LogP contribution in [0.15, 0.2) is 0 Å². The van der Waals surface area contributed by atoms with Crippen molar-refractivity contribution in [3.63, 3.8) is 0 Å². The molecular formula is C13H29N3. The number of nitrogens with zero attached hydrogens (tertiary/aromatic N) is 2. The molecule has 0 aromatic heterocycles. The highest BCUT2D eigenvalue weighted by molar-refractivity contribution is 4.80. The lowest BCUT2D eigenvalue weighted by atomic mass is 9.98. The molecule has 1 aliphatic rings. The Kier molecular flexibility index (Phi) is 6.32. The van der Waals surface area contributed by atoms with Crippen LogP contribution in [0.1, 0.15) is 33.6 Å². The van der Waals surface area contributed by atoms with Gasteiger partial charge in [0.1, 0.15) is 0 Å². The van der Waals surface area contributed by atoms with Crippen LogP contribution in [0.4, 0.5) is 0 Å². The number of rotatable bonds is 6. The average molecular weight is 227 g/mol. The summed E-state index contributed by atoms with van der Waals surface area (Å²) in [4.78, 5) is 5.08. The van der Waals surface area contributed by atoms with Crippen molar-refractivity contribution in [3.05, 3.63) is 0 Å². The van der Waals surface area contributed by atoms with E-state index in [9.17, 15) is 0 Å². The van der Waals surface area contributed by atoms with Crippen LogP contribution >= 0.6 is 0 Å². The van der Waals surface area contributed by atoms with E-state index in [1.807, 2.05) is 0 Å².